The molecule has 0 aliphatic rings. The molecular formula is C45H39N5O5S. The molecule has 56 heavy (non-hydrogen) atoms. The number of hydrogen-bond donors (Lipinski definition) is 0. The Kier molecular flexibility index (Phi) is 15.1. The van der Waals surface area contributed by atoms with Crippen molar-refractivity contribution in [1.29, 1.82) is 5.26 Å². The maximum Gasteiger partial charge on any atom is 0.519 e. The summed E-state index contributed by atoms with van der Waals surface area (Å²) in [6.07, 6.45) is 8.34. The van der Waals surface area contributed by atoms with Gasteiger partial charge >= 0.3 is 17.8 Å². The van der Waals surface area contributed by atoms with Crippen LogP contribution in [0.1, 0.15) is 57.6 Å². The van der Waals surface area contributed by atoms with Gasteiger partial charge in [-0.25, -0.2) is 14.9 Å². The number of rotatable bonds is 16. The van der Waals surface area contributed by atoms with Crippen LogP contribution >= 0.6 is 11.3 Å². The average Bonchev–Trinajstić information content (AvgIpc) is 3.67. The molecule has 0 fully saturated rings. The van der Waals surface area contributed by atoms with Gasteiger partial charge in [0.2, 0.25) is 0 Å². The zero-order chi connectivity index (χ0) is 40.5. The Balaban J connectivity index is 1.41. The van der Waals surface area contributed by atoms with Gasteiger partial charge < -0.3 is 19.1 Å². The van der Waals surface area contributed by atoms with E-state index in [1.54, 1.807) is 25.3 Å². The van der Waals surface area contributed by atoms with E-state index < -0.39 is 5.97 Å². The molecule has 0 aliphatic carbocycles. The van der Waals surface area contributed by atoms with E-state index in [-0.39, 0.29) is 36.1 Å². The Bertz CT molecular complexity index is 2230. The van der Waals surface area contributed by atoms with Crippen molar-refractivity contribution in [2.75, 3.05) is 38.3 Å². The van der Waals surface area contributed by atoms with Crippen molar-refractivity contribution in [3.8, 4) is 11.8 Å². The van der Waals surface area contributed by atoms with Crippen LogP contribution in [0.5, 0.6) is 5.75 Å². The van der Waals surface area contributed by atoms with Gasteiger partial charge in [0.15, 0.2) is 0 Å². The summed E-state index contributed by atoms with van der Waals surface area (Å²) in [5.74, 6) is -0.185. The van der Waals surface area contributed by atoms with Crippen LogP contribution in [0.25, 0.3) is 32.8 Å². The highest BCUT2D eigenvalue weighted by atomic mass is 32.1. The number of benzene rings is 3. The van der Waals surface area contributed by atoms with E-state index in [0.29, 0.717) is 24.2 Å². The lowest BCUT2D eigenvalue weighted by molar-refractivity contribution is -0.140. The first-order valence-electron chi connectivity index (χ1n) is 17.4. The van der Waals surface area contributed by atoms with Crippen LogP contribution in [0.3, 0.4) is 0 Å². The summed E-state index contributed by atoms with van der Waals surface area (Å²) in [6, 6.07) is 28.8. The normalized spacial score (nSPS) is 11.4. The van der Waals surface area contributed by atoms with E-state index >= 15 is 0 Å². The monoisotopic (exact) mass is 761 g/mol. The van der Waals surface area contributed by atoms with Gasteiger partial charge in [0, 0.05) is 33.9 Å². The molecule has 1 heterocycles. The van der Waals surface area contributed by atoms with Crippen LogP contribution in [0.4, 0.5) is 5.69 Å². The summed E-state index contributed by atoms with van der Waals surface area (Å²) in [5.41, 5.74) is 4.39. The minimum absolute atomic E-state index is 0.120. The summed E-state index contributed by atoms with van der Waals surface area (Å²) in [7, 11) is 1.64. The van der Waals surface area contributed by atoms with Crippen molar-refractivity contribution >= 4 is 47.2 Å². The topological polar surface area (TPSA) is 102 Å². The molecule has 0 spiro atoms. The van der Waals surface area contributed by atoms with Crippen molar-refractivity contribution in [3.63, 3.8) is 0 Å². The number of carbonyl (C=O) groups excluding carboxylic acids is 2. The Morgan fingerprint density at radius 3 is 1.98 bits per heavy atom. The maximum atomic E-state index is 13.0. The summed E-state index contributed by atoms with van der Waals surface area (Å²) in [6.45, 7) is 28.2. The van der Waals surface area contributed by atoms with E-state index in [2.05, 4.69) is 28.4 Å². The number of nitriles is 1. The van der Waals surface area contributed by atoms with Crippen LogP contribution in [-0.2, 0) is 19.7 Å². The molecule has 0 atom stereocenters. The molecule has 4 aromatic rings. The van der Waals surface area contributed by atoms with Crippen LogP contribution in [0.15, 0.2) is 114 Å². The SMILES string of the molecule is [C-]#[N+]C(=CC(/C=C(/C#N)[N+]#[C-])=C/c1ccc(/C=C/c2ccc(N(CCOC(C)=O)CCOC(=O)c3ccc(C(C)(C)c4ccc(OC)cc4)cc3)cc2)s1)[N+]#[C-]. The lowest BCUT2D eigenvalue weighted by Gasteiger charge is -2.26. The molecule has 0 amide bonds. The van der Waals surface area contributed by atoms with Gasteiger partial charge in [0.05, 0.1) is 38.4 Å². The second kappa shape index (κ2) is 20.3. The minimum atomic E-state index is -0.428. The number of esters is 2. The number of hydrogen-bond acceptors (Lipinski definition) is 8. The van der Waals surface area contributed by atoms with Crippen molar-refractivity contribution in [2.24, 2.45) is 0 Å². The molecule has 10 nitrogen and oxygen atoms in total. The van der Waals surface area contributed by atoms with Crippen molar-refractivity contribution in [3.05, 3.63) is 180 Å². The van der Waals surface area contributed by atoms with E-state index in [1.807, 2.05) is 95.9 Å². The average molecular weight is 762 g/mol. The van der Waals surface area contributed by atoms with Crippen LogP contribution in [0, 0.1) is 31.0 Å². The van der Waals surface area contributed by atoms with Gasteiger partial charge in [-0.2, -0.15) is 9.69 Å². The highest BCUT2D eigenvalue weighted by Crippen LogP contribution is 2.33. The summed E-state index contributed by atoms with van der Waals surface area (Å²) in [5, 5.41) is 9.19. The zero-order valence-corrected chi connectivity index (χ0v) is 32.3. The number of nitrogens with zero attached hydrogens (tertiary/aromatic N) is 5. The van der Waals surface area contributed by atoms with Gasteiger partial charge in [0.25, 0.3) is 5.70 Å². The lowest BCUT2D eigenvalue weighted by Crippen LogP contribution is -2.32. The maximum absolute atomic E-state index is 13.0. The molecule has 0 saturated heterocycles. The van der Waals surface area contributed by atoms with E-state index in [4.69, 9.17) is 33.9 Å². The smallest absolute Gasteiger partial charge is 0.497 e. The van der Waals surface area contributed by atoms with E-state index in [1.165, 1.54) is 30.4 Å². The molecule has 0 bridgehead atoms. The first-order valence-corrected chi connectivity index (χ1v) is 18.2. The van der Waals surface area contributed by atoms with Crippen LogP contribution in [0.2, 0.25) is 0 Å². The Hall–Kier alpha value is -7.18. The number of carbonyl (C=O) groups is 2. The van der Waals surface area contributed by atoms with Gasteiger partial charge in [0.1, 0.15) is 32.1 Å². The number of thiophene rings is 1. The summed E-state index contributed by atoms with van der Waals surface area (Å²) >= 11 is 1.46. The molecular weight excluding hydrogens is 723 g/mol. The molecule has 3 aromatic carbocycles. The fourth-order valence-corrected chi connectivity index (χ4v) is 6.36. The van der Waals surface area contributed by atoms with Gasteiger partial charge in [-0.3, -0.25) is 4.79 Å². The first-order chi connectivity index (χ1) is 27.0. The lowest BCUT2D eigenvalue weighted by atomic mass is 9.78. The van der Waals surface area contributed by atoms with Gasteiger partial charge in [-0.05, 0) is 89.0 Å². The number of allylic oxidation sites excluding steroid dienone is 4. The fourth-order valence-electron chi connectivity index (χ4n) is 5.48. The quantitative estimate of drug-likeness (QED) is 0.0485. The Morgan fingerprint density at radius 2 is 1.41 bits per heavy atom. The van der Waals surface area contributed by atoms with Crippen molar-refractivity contribution in [1.82, 2.24) is 0 Å². The second-order valence-electron chi connectivity index (χ2n) is 12.7. The van der Waals surface area contributed by atoms with Crippen LogP contribution in [-0.4, -0.2) is 45.4 Å². The largest absolute Gasteiger partial charge is 0.519 e. The standard InChI is InChI=1S/C45H39N5O5S/c1-32(51)54-26-24-50(25-27-55-44(52)35-11-13-36(14-12-35)45(2,3)37-15-19-40(53-7)20-16-37)39-17-8-33(9-18-39)10-21-41-22-23-42(56-41)29-34(28-38(31-46)47-4)30-43(48-5)49-6/h8-23,28-30H,24-27H2,1-3,7H3/b21-10+,34-29+,38-28-. The molecule has 0 saturated carbocycles. The third-order valence-corrected chi connectivity index (χ3v) is 9.63. The molecule has 1 aromatic heterocycles. The number of methoxy groups -OCH3 is 1. The Labute approximate surface area is 332 Å². The van der Waals surface area contributed by atoms with Gasteiger partial charge in [-0.1, -0.05) is 56.3 Å². The predicted molar refractivity (Wildman–Crippen MR) is 220 cm³/mol. The van der Waals surface area contributed by atoms with Crippen LogP contribution < -0.4 is 9.64 Å². The van der Waals surface area contributed by atoms with Gasteiger partial charge in [-0.15, -0.1) is 11.3 Å². The summed E-state index contributed by atoms with van der Waals surface area (Å²) in [4.78, 5) is 37.7. The second-order valence-corrected chi connectivity index (χ2v) is 13.8. The third-order valence-electron chi connectivity index (χ3n) is 8.63. The van der Waals surface area contributed by atoms with Crippen molar-refractivity contribution in [2.45, 2.75) is 26.2 Å². The first kappa shape index (κ1) is 41.6. The molecule has 0 unspecified atom stereocenters. The highest BCUT2D eigenvalue weighted by molar-refractivity contribution is 7.13. The molecule has 0 N–H and O–H groups in total. The van der Waals surface area contributed by atoms with E-state index in [9.17, 15) is 14.9 Å². The molecule has 280 valence electrons. The highest BCUT2D eigenvalue weighted by Gasteiger charge is 2.23. The molecule has 0 aliphatic heterocycles. The molecule has 4 rings (SSSR count). The minimum Gasteiger partial charge on any atom is -0.497 e. The zero-order valence-electron chi connectivity index (χ0n) is 31.5. The number of anilines is 1. The molecule has 0 radical (unpaired) electrons. The third kappa shape index (κ3) is 11.9. The van der Waals surface area contributed by atoms with Crippen molar-refractivity contribution < 1.29 is 23.8 Å². The molecule has 11 heteroatoms. The van der Waals surface area contributed by atoms with E-state index in [0.717, 1.165) is 37.9 Å². The summed E-state index contributed by atoms with van der Waals surface area (Å²) < 4.78 is 16.2. The predicted octanol–water partition coefficient (Wildman–Crippen LogP) is 9.87. The number of ether oxygens (including phenoxy) is 3. The fraction of sp³-hybridized carbons (Fsp3) is 0.200. The Morgan fingerprint density at radius 1 is 0.804 bits per heavy atom.